The van der Waals surface area contributed by atoms with E-state index in [0.29, 0.717) is 40.1 Å². The van der Waals surface area contributed by atoms with Crippen LogP contribution >= 0.6 is 27.7 Å². The monoisotopic (exact) mass is 452 g/mol. The quantitative estimate of drug-likeness (QED) is 0.616. The number of hydrogen-bond donors (Lipinski definition) is 1. The molecule has 27 heavy (non-hydrogen) atoms. The van der Waals surface area contributed by atoms with Gasteiger partial charge < -0.3 is 10.2 Å². The lowest BCUT2D eigenvalue weighted by molar-refractivity contribution is -0.113. The number of anilines is 1. The normalized spacial score (nSPS) is 10.5. The number of amides is 2. The van der Waals surface area contributed by atoms with Gasteiger partial charge in [-0.05, 0) is 55.8 Å². The summed E-state index contributed by atoms with van der Waals surface area (Å²) in [5.74, 6) is 0.162. The summed E-state index contributed by atoms with van der Waals surface area (Å²) in [5, 5.41) is 2.79. The first-order chi connectivity index (χ1) is 12.9. The average Bonchev–Trinajstić information content (AvgIpc) is 2.65. The summed E-state index contributed by atoms with van der Waals surface area (Å²) in [7, 11) is 0. The first-order valence-corrected chi connectivity index (χ1v) is 10.6. The van der Waals surface area contributed by atoms with Crippen LogP contribution in [0.1, 0.15) is 29.8 Å². The van der Waals surface area contributed by atoms with Gasteiger partial charge in [-0.2, -0.15) is 0 Å². The number of nitrogens with zero attached hydrogens (tertiary/aromatic N) is 1. The van der Waals surface area contributed by atoms with Crippen molar-refractivity contribution >= 4 is 45.2 Å². The van der Waals surface area contributed by atoms with E-state index >= 15 is 0 Å². The highest BCUT2D eigenvalue weighted by Crippen LogP contribution is 2.20. The van der Waals surface area contributed by atoms with Gasteiger partial charge in [0.15, 0.2) is 0 Å². The molecule has 0 aliphatic carbocycles. The van der Waals surface area contributed by atoms with E-state index in [2.05, 4.69) is 21.2 Å². The van der Waals surface area contributed by atoms with Crippen LogP contribution < -0.4 is 5.32 Å². The fourth-order valence-corrected chi connectivity index (χ4v) is 3.63. The Morgan fingerprint density at radius 3 is 2.37 bits per heavy atom. The minimum Gasteiger partial charge on any atom is -0.339 e. The third-order valence-electron chi connectivity index (χ3n) is 3.97. The van der Waals surface area contributed by atoms with Crippen LogP contribution in [0.25, 0.3) is 0 Å². The molecule has 2 aromatic rings. The van der Waals surface area contributed by atoms with Crippen molar-refractivity contribution in [1.29, 1.82) is 0 Å². The highest BCUT2D eigenvalue weighted by atomic mass is 79.9. The second-order valence-corrected chi connectivity index (χ2v) is 7.73. The fourth-order valence-electron chi connectivity index (χ4n) is 2.48. The number of thioether (sulfide) groups is 1. The van der Waals surface area contributed by atoms with Crippen molar-refractivity contribution in [2.45, 2.75) is 19.6 Å². The molecule has 2 amide bonds. The highest BCUT2D eigenvalue weighted by molar-refractivity contribution is 9.10. The zero-order chi connectivity index (χ0) is 19.8. The van der Waals surface area contributed by atoms with Crippen molar-refractivity contribution in [3.63, 3.8) is 0 Å². The molecule has 2 rings (SSSR count). The molecule has 0 aromatic heterocycles. The third-order valence-corrected chi connectivity index (χ3v) is 5.45. The van der Waals surface area contributed by atoms with Gasteiger partial charge in [0, 0.05) is 34.6 Å². The number of benzene rings is 2. The smallest absolute Gasteiger partial charge is 0.253 e. The van der Waals surface area contributed by atoms with Crippen LogP contribution in [-0.2, 0) is 10.5 Å². The molecule has 0 aliphatic heterocycles. The molecule has 0 radical (unpaired) electrons. The van der Waals surface area contributed by atoms with Gasteiger partial charge in [-0.15, -0.1) is 11.8 Å². The Bertz CT molecular complexity index is 795. The Balaban J connectivity index is 1.84. The summed E-state index contributed by atoms with van der Waals surface area (Å²) in [5.41, 5.74) is 1.79. The van der Waals surface area contributed by atoms with E-state index in [1.54, 1.807) is 41.3 Å². The minimum absolute atomic E-state index is 0.0232. The maximum atomic E-state index is 13.8. The fraction of sp³-hybridized carbons (Fsp3) is 0.300. The average molecular weight is 453 g/mol. The first-order valence-electron chi connectivity index (χ1n) is 8.65. The summed E-state index contributed by atoms with van der Waals surface area (Å²) >= 11 is 4.56. The van der Waals surface area contributed by atoms with Crippen molar-refractivity contribution in [3.8, 4) is 0 Å². The highest BCUT2D eigenvalue weighted by Gasteiger charge is 2.12. The van der Waals surface area contributed by atoms with Crippen molar-refractivity contribution in [1.82, 2.24) is 4.90 Å². The maximum absolute atomic E-state index is 13.8. The molecule has 144 valence electrons. The molecule has 4 nitrogen and oxygen atoms in total. The Morgan fingerprint density at radius 2 is 1.78 bits per heavy atom. The van der Waals surface area contributed by atoms with Crippen LogP contribution in [0.5, 0.6) is 0 Å². The second-order valence-electron chi connectivity index (χ2n) is 5.83. The van der Waals surface area contributed by atoms with Crippen molar-refractivity contribution in [2.75, 3.05) is 24.2 Å². The summed E-state index contributed by atoms with van der Waals surface area (Å²) < 4.78 is 14.4. The lowest BCUT2D eigenvalue weighted by atomic mass is 10.2. The van der Waals surface area contributed by atoms with Crippen molar-refractivity contribution in [3.05, 3.63) is 63.9 Å². The van der Waals surface area contributed by atoms with Crippen LogP contribution in [0.3, 0.4) is 0 Å². The number of carbonyl (C=O) groups is 2. The number of halogens is 2. The Morgan fingerprint density at radius 1 is 1.11 bits per heavy atom. The van der Waals surface area contributed by atoms with Crippen molar-refractivity contribution in [2.24, 2.45) is 0 Å². The minimum atomic E-state index is -0.286. The predicted octanol–water partition coefficient (Wildman–Crippen LogP) is 4.94. The van der Waals surface area contributed by atoms with E-state index in [1.165, 1.54) is 17.8 Å². The molecule has 0 heterocycles. The van der Waals surface area contributed by atoms with Crippen LogP contribution in [0.2, 0.25) is 0 Å². The van der Waals surface area contributed by atoms with Gasteiger partial charge >= 0.3 is 0 Å². The van der Waals surface area contributed by atoms with Gasteiger partial charge in [0.2, 0.25) is 5.91 Å². The van der Waals surface area contributed by atoms with Gasteiger partial charge in [0.1, 0.15) is 5.82 Å². The Kier molecular flexibility index (Phi) is 8.31. The van der Waals surface area contributed by atoms with E-state index in [9.17, 15) is 14.0 Å². The second kappa shape index (κ2) is 10.5. The molecule has 7 heteroatoms. The zero-order valence-corrected chi connectivity index (χ0v) is 17.7. The Hall–Kier alpha value is -1.86. The standard InChI is InChI=1S/C20H22BrFN2O2S/c1-3-24(4-2)20(26)14-6-9-17(10-7-14)23-19(25)13-27-12-15-5-8-16(21)11-18(15)22/h5-11H,3-4,12-13H2,1-2H3,(H,23,25). The number of carbonyl (C=O) groups excluding carboxylic acids is 2. The third kappa shape index (κ3) is 6.36. The summed E-state index contributed by atoms with van der Waals surface area (Å²) in [6.07, 6.45) is 0. The van der Waals surface area contributed by atoms with Gasteiger partial charge in [0.05, 0.1) is 5.75 Å². The molecule has 0 fully saturated rings. The van der Waals surface area contributed by atoms with Crippen LogP contribution in [-0.4, -0.2) is 35.6 Å². The van der Waals surface area contributed by atoms with Crippen molar-refractivity contribution < 1.29 is 14.0 Å². The van der Waals surface area contributed by atoms with Gasteiger partial charge in [-0.3, -0.25) is 9.59 Å². The number of nitrogens with one attached hydrogen (secondary N) is 1. The molecular weight excluding hydrogens is 431 g/mol. The predicted molar refractivity (Wildman–Crippen MR) is 113 cm³/mol. The topological polar surface area (TPSA) is 49.4 Å². The molecule has 0 saturated heterocycles. The summed E-state index contributed by atoms with van der Waals surface area (Å²) in [6, 6.07) is 11.7. The van der Waals surface area contributed by atoms with Crippen LogP contribution in [0.15, 0.2) is 46.9 Å². The van der Waals surface area contributed by atoms with E-state index in [1.807, 2.05) is 13.8 Å². The lowest BCUT2D eigenvalue weighted by Gasteiger charge is -2.18. The summed E-state index contributed by atoms with van der Waals surface area (Å²) in [4.78, 5) is 26.1. The first kappa shape index (κ1) is 21.4. The molecular formula is C20H22BrFN2O2S. The molecule has 0 spiro atoms. The molecule has 0 saturated carbocycles. The van der Waals surface area contributed by atoms with E-state index in [0.717, 1.165) is 0 Å². The number of rotatable bonds is 8. The molecule has 1 N–H and O–H groups in total. The Labute approximate surface area is 171 Å². The zero-order valence-electron chi connectivity index (χ0n) is 15.3. The van der Waals surface area contributed by atoms with Crippen LogP contribution in [0, 0.1) is 5.82 Å². The van der Waals surface area contributed by atoms with Gasteiger partial charge in [-0.25, -0.2) is 4.39 Å². The maximum Gasteiger partial charge on any atom is 0.253 e. The van der Waals surface area contributed by atoms with E-state index in [-0.39, 0.29) is 23.4 Å². The van der Waals surface area contributed by atoms with Gasteiger partial charge in [0.25, 0.3) is 5.91 Å². The molecule has 0 unspecified atom stereocenters. The SMILES string of the molecule is CCN(CC)C(=O)c1ccc(NC(=O)CSCc2ccc(Br)cc2F)cc1. The number of hydrogen-bond acceptors (Lipinski definition) is 3. The molecule has 2 aromatic carbocycles. The van der Waals surface area contributed by atoms with E-state index < -0.39 is 0 Å². The lowest BCUT2D eigenvalue weighted by Crippen LogP contribution is -2.30. The largest absolute Gasteiger partial charge is 0.339 e. The molecule has 0 atom stereocenters. The molecule has 0 aliphatic rings. The van der Waals surface area contributed by atoms with Gasteiger partial charge in [-0.1, -0.05) is 22.0 Å². The molecule has 0 bridgehead atoms. The summed E-state index contributed by atoms with van der Waals surface area (Å²) in [6.45, 7) is 5.19. The van der Waals surface area contributed by atoms with Crippen LogP contribution in [0.4, 0.5) is 10.1 Å². The van der Waals surface area contributed by atoms with E-state index in [4.69, 9.17) is 0 Å².